The molecule has 0 aromatic heterocycles. The van der Waals surface area contributed by atoms with Crippen LogP contribution in [0.4, 0.5) is 0 Å². The Morgan fingerprint density at radius 3 is 2.09 bits per heavy atom. The van der Waals surface area contributed by atoms with E-state index < -0.39 is 4.59 Å². The number of rotatable bonds is 3. The largest absolute Gasteiger partial charge is 0.260 e. The summed E-state index contributed by atoms with van der Waals surface area (Å²) < 4.78 is 1.28. The van der Waals surface area contributed by atoms with Gasteiger partial charge in [-0.15, -0.1) is 0 Å². The van der Waals surface area contributed by atoms with Crippen LogP contribution in [0.15, 0.2) is 0 Å². The molecular formula is C6H14NPS3. The summed E-state index contributed by atoms with van der Waals surface area (Å²) in [5.74, 6) is 2.52. The summed E-state index contributed by atoms with van der Waals surface area (Å²) >= 11 is 9.68. The van der Waals surface area contributed by atoms with Crippen LogP contribution in [0.3, 0.4) is 0 Å². The van der Waals surface area contributed by atoms with E-state index in [-0.39, 0.29) is 0 Å². The van der Waals surface area contributed by atoms with Crippen LogP contribution < -0.4 is 0 Å². The second kappa shape index (κ2) is 4.52. The molecule has 0 radical (unpaired) electrons. The van der Waals surface area contributed by atoms with Crippen LogP contribution in [-0.2, 0) is 11.8 Å². The van der Waals surface area contributed by atoms with Crippen molar-refractivity contribution in [1.29, 1.82) is 0 Å². The average molecular weight is 227 g/mol. The molecule has 1 aliphatic rings. The van der Waals surface area contributed by atoms with Crippen molar-refractivity contribution in [3.63, 3.8) is 0 Å². The zero-order valence-corrected chi connectivity index (χ0v) is 10.3. The second-order valence-corrected chi connectivity index (χ2v) is 13.5. The molecule has 0 unspecified atom stereocenters. The monoisotopic (exact) mass is 227 g/mol. The van der Waals surface area contributed by atoms with Crippen LogP contribution in [0.25, 0.3) is 0 Å². The summed E-state index contributed by atoms with van der Waals surface area (Å²) in [5.41, 5.74) is 0. The Morgan fingerprint density at radius 2 is 1.73 bits per heavy atom. The van der Waals surface area contributed by atoms with Gasteiger partial charge < -0.3 is 0 Å². The minimum absolute atomic E-state index is 1.12. The topological polar surface area (TPSA) is 3.24 Å². The lowest BCUT2D eigenvalue weighted by Gasteiger charge is -2.27. The molecule has 1 saturated heterocycles. The van der Waals surface area contributed by atoms with E-state index in [2.05, 4.69) is 18.5 Å². The standard InChI is InChI=1S/C6H14NPS3/c1-3-7(4-2)8(9)10-5-6-11-8/h3-6H2,1-2H3. The highest BCUT2D eigenvalue weighted by Gasteiger charge is 2.28. The van der Waals surface area contributed by atoms with Crippen LogP contribution in [0.2, 0.25) is 0 Å². The molecule has 0 bridgehead atoms. The minimum atomic E-state index is -1.18. The number of hydrogen-bond donors (Lipinski definition) is 0. The highest BCUT2D eigenvalue weighted by atomic mass is 33.2. The van der Waals surface area contributed by atoms with Crippen molar-refractivity contribution in [2.45, 2.75) is 13.8 Å². The third-order valence-electron chi connectivity index (χ3n) is 1.67. The fraction of sp³-hybridized carbons (Fsp3) is 1.00. The molecule has 0 aromatic carbocycles. The Balaban J connectivity index is 2.61. The lowest BCUT2D eigenvalue weighted by Crippen LogP contribution is -2.15. The van der Waals surface area contributed by atoms with Gasteiger partial charge in [0.15, 0.2) is 0 Å². The molecular weight excluding hydrogens is 213 g/mol. The first-order chi connectivity index (χ1) is 5.23. The molecule has 0 atom stereocenters. The van der Waals surface area contributed by atoms with Gasteiger partial charge in [0.05, 0.1) is 0 Å². The van der Waals surface area contributed by atoms with Gasteiger partial charge in [-0.2, -0.15) is 0 Å². The van der Waals surface area contributed by atoms with Gasteiger partial charge in [-0.1, -0.05) is 48.4 Å². The Labute approximate surface area is 82.2 Å². The highest BCUT2D eigenvalue weighted by molar-refractivity contribution is 9.01. The molecule has 0 N–H and O–H groups in total. The van der Waals surface area contributed by atoms with Crippen molar-refractivity contribution in [3.05, 3.63) is 0 Å². The average Bonchev–Trinajstić information content (AvgIpc) is 2.39. The van der Waals surface area contributed by atoms with Crippen molar-refractivity contribution in [1.82, 2.24) is 4.67 Å². The predicted octanol–water partition coefficient (Wildman–Crippen LogP) is 3.03. The zero-order chi connectivity index (χ0) is 8.32. The van der Waals surface area contributed by atoms with E-state index in [1.54, 1.807) is 0 Å². The molecule has 66 valence electrons. The van der Waals surface area contributed by atoms with Gasteiger partial charge in [0, 0.05) is 24.6 Å². The van der Waals surface area contributed by atoms with E-state index >= 15 is 0 Å². The molecule has 1 fully saturated rings. The van der Waals surface area contributed by atoms with E-state index in [1.165, 1.54) is 11.5 Å². The molecule has 0 saturated carbocycles. The summed E-state index contributed by atoms with van der Waals surface area (Å²) in [6, 6.07) is 0. The van der Waals surface area contributed by atoms with Crippen molar-refractivity contribution < 1.29 is 0 Å². The van der Waals surface area contributed by atoms with Crippen LogP contribution >= 0.6 is 27.4 Å². The quantitative estimate of drug-likeness (QED) is 0.681. The van der Waals surface area contributed by atoms with E-state index in [0.29, 0.717) is 0 Å². The molecule has 11 heavy (non-hydrogen) atoms. The molecule has 5 heteroatoms. The Bertz CT molecular complexity index is 159. The minimum Gasteiger partial charge on any atom is -0.260 e. The molecule has 1 rings (SSSR count). The lowest BCUT2D eigenvalue weighted by molar-refractivity contribution is 0.519. The highest BCUT2D eigenvalue weighted by Crippen LogP contribution is 2.75. The van der Waals surface area contributed by atoms with E-state index in [1.807, 2.05) is 22.8 Å². The van der Waals surface area contributed by atoms with E-state index in [4.69, 9.17) is 11.8 Å². The maximum Gasteiger partial charge on any atom is 0.120 e. The molecule has 1 nitrogen and oxygen atoms in total. The van der Waals surface area contributed by atoms with Crippen LogP contribution in [0.1, 0.15) is 13.8 Å². The summed E-state index contributed by atoms with van der Waals surface area (Å²) in [5, 5.41) is 0. The Kier molecular flexibility index (Phi) is 4.27. The van der Waals surface area contributed by atoms with Crippen molar-refractivity contribution in [2.75, 3.05) is 24.6 Å². The summed E-state index contributed by atoms with van der Waals surface area (Å²) in [6.07, 6.45) is 0. The van der Waals surface area contributed by atoms with Crippen molar-refractivity contribution in [3.8, 4) is 0 Å². The number of hydrogen-bond acceptors (Lipinski definition) is 3. The van der Waals surface area contributed by atoms with Gasteiger partial charge in [-0.05, 0) is 0 Å². The fourth-order valence-corrected chi connectivity index (χ4v) is 12.6. The summed E-state index contributed by atoms with van der Waals surface area (Å²) in [4.78, 5) is 0. The number of nitrogens with zero attached hydrogens (tertiary/aromatic N) is 1. The first kappa shape index (κ1) is 10.4. The zero-order valence-electron chi connectivity index (χ0n) is 6.95. The summed E-state index contributed by atoms with van der Waals surface area (Å²) in [7, 11) is 0. The van der Waals surface area contributed by atoms with Gasteiger partial charge in [0.25, 0.3) is 0 Å². The van der Waals surface area contributed by atoms with Crippen molar-refractivity contribution >= 4 is 39.2 Å². The lowest BCUT2D eigenvalue weighted by atomic mass is 10.7. The first-order valence-corrected chi connectivity index (χ1v) is 9.81. The maximum atomic E-state index is 5.65. The molecule has 1 heterocycles. The fourth-order valence-electron chi connectivity index (χ4n) is 1.08. The maximum absolute atomic E-state index is 5.65. The first-order valence-electron chi connectivity index (χ1n) is 3.87. The van der Waals surface area contributed by atoms with Gasteiger partial charge in [0.2, 0.25) is 0 Å². The van der Waals surface area contributed by atoms with E-state index in [9.17, 15) is 0 Å². The predicted molar refractivity (Wildman–Crippen MR) is 62.1 cm³/mol. The molecule has 1 aliphatic heterocycles. The Hall–Kier alpha value is 1.31. The van der Waals surface area contributed by atoms with Crippen LogP contribution in [0, 0.1) is 0 Å². The van der Waals surface area contributed by atoms with E-state index in [0.717, 1.165) is 13.1 Å². The van der Waals surface area contributed by atoms with Gasteiger partial charge in [0.1, 0.15) is 4.59 Å². The molecule has 0 aromatic rings. The van der Waals surface area contributed by atoms with Crippen LogP contribution in [0.5, 0.6) is 0 Å². The Morgan fingerprint density at radius 1 is 1.27 bits per heavy atom. The second-order valence-electron chi connectivity index (χ2n) is 2.27. The smallest absolute Gasteiger partial charge is 0.120 e. The third-order valence-corrected chi connectivity index (χ3v) is 13.5. The third kappa shape index (κ3) is 2.38. The van der Waals surface area contributed by atoms with Crippen molar-refractivity contribution in [2.24, 2.45) is 0 Å². The summed E-state index contributed by atoms with van der Waals surface area (Å²) in [6.45, 7) is 6.65. The molecule has 0 aliphatic carbocycles. The normalized spacial score (nSPS) is 22.8. The molecule has 0 spiro atoms. The van der Waals surface area contributed by atoms with Gasteiger partial charge in [-0.3, -0.25) is 4.67 Å². The van der Waals surface area contributed by atoms with Gasteiger partial charge in [-0.25, -0.2) is 0 Å². The van der Waals surface area contributed by atoms with Crippen LogP contribution in [-0.4, -0.2) is 29.3 Å². The SMILES string of the molecule is CCN(CC)P1(=S)SCCS1. The van der Waals surface area contributed by atoms with Gasteiger partial charge >= 0.3 is 0 Å². The molecule has 0 amide bonds.